The molecular formula is C33H63IO4. The van der Waals surface area contributed by atoms with Crippen molar-refractivity contribution in [3.63, 3.8) is 0 Å². The fourth-order valence-corrected chi connectivity index (χ4v) is 5.27. The van der Waals surface area contributed by atoms with E-state index in [2.05, 4.69) is 36.4 Å². The summed E-state index contributed by atoms with van der Waals surface area (Å²) in [5, 5.41) is 0. The van der Waals surface area contributed by atoms with E-state index < -0.39 is 0 Å². The lowest BCUT2D eigenvalue weighted by Crippen LogP contribution is -2.26. The van der Waals surface area contributed by atoms with Gasteiger partial charge in [0.25, 0.3) is 0 Å². The topological polar surface area (TPSA) is 52.6 Å². The SMILES string of the molecule is CCCCCCCCCCCCCCCCCC(=O)OC[C@@H](CI)OC(=O)CCCCCCCCCCC. The van der Waals surface area contributed by atoms with Crippen LogP contribution in [-0.4, -0.2) is 29.1 Å². The van der Waals surface area contributed by atoms with Crippen molar-refractivity contribution < 1.29 is 19.1 Å². The molecule has 0 saturated carbocycles. The minimum atomic E-state index is -0.327. The second-order valence-corrected chi connectivity index (χ2v) is 12.1. The summed E-state index contributed by atoms with van der Waals surface area (Å²) < 4.78 is 11.6. The minimum Gasteiger partial charge on any atom is -0.462 e. The molecule has 1 atom stereocenters. The third-order valence-corrected chi connectivity index (χ3v) is 8.35. The van der Waals surface area contributed by atoms with Gasteiger partial charge < -0.3 is 9.47 Å². The summed E-state index contributed by atoms with van der Waals surface area (Å²) >= 11 is 2.20. The van der Waals surface area contributed by atoms with Gasteiger partial charge in [0.05, 0.1) is 0 Å². The Hall–Kier alpha value is -0.330. The van der Waals surface area contributed by atoms with Crippen molar-refractivity contribution >= 4 is 34.5 Å². The third kappa shape index (κ3) is 28.7. The van der Waals surface area contributed by atoms with Crippen molar-refractivity contribution in [1.29, 1.82) is 0 Å². The average Bonchev–Trinajstić information content (AvgIpc) is 2.92. The van der Waals surface area contributed by atoms with Crippen LogP contribution in [-0.2, 0) is 19.1 Å². The number of esters is 2. The Kier molecular flexibility index (Phi) is 30.9. The van der Waals surface area contributed by atoms with E-state index in [0.29, 0.717) is 17.3 Å². The number of carbonyl (C=O) groups excluding carboxylic acids is 2. The second-order valence-electron chi connectivity index (χ2n) is 11.2. The zero-order valence-electron chi connectivity index (χ0n) is 25.4. The highest BCUT2D eigenvalue weighted by molar-refractivity contribution is 14.1. The third-order valence-electron chi connectivity index (χ3n) is 7.37. The molecule has 0 fully saturated rings. The van der Waals surface area contributed by atoms with Gasteiger partial charge in [0.1, 0.15) is 12.7 Å². The van der Waals surface area contributed by atoms with Crippen molar-refractivity contribution in [2.45, 2.75) is 187 Å². The molecule has 0 rings (SSSR count). The fraction of sp³-hybridized carbons (Fsp3) is 0.939. The van der Waals surface area contributed by atoms with Crippen LogP contribution in [0.3, 0.4) is 0 Å². The Morgan fingerprint density at radius 2 is 0.816 bits per heavy atom. The van der Waals surface area contributed by atoms with Gasteiger partial charge in [-0.1, -0.05) is 178 Å². The van der Waals surface area contributed by atoms with Gasteiger partial charge >= 0.3 is 11.9 Å². The van der Waals surface area contributed by atoms with Crippen molar-refractivity contribution in [3.05, 3.63) is 0 Å². The Morgan fingerprint density at radius 3 is 1.16 bits per heavy atom. The van der Waals surface area contributed by atoms with E-state index in [4.69, 9.17) is 9.47 Å². The van der Waals surface area contributed by atoms with Crippen molar-refractivity contribution in [2.75, 3.05) is 11.0 Å². The van der Waals surface area contributed by atoms with E-state index in [1.54, 1.807) is 0 Å². The van der Waals surface area contributed by atoms with E-state index >= 15 is 0 Å². The normalized spacial score (nSPS) is 12.0. The number of hydrogen-bond donors (Lipinski definition) is 0. The van der Waals surface area contributed by atoms with Gasteiger partial charge in [-0.25, -0.2) is 0 Å². The molecule has 0 saturated heterocycles. The number of rotatable bonds is 30. The minimum absolute atomic E-state index is 0.159. The van der Waals surface area contributed by atoms with E-state index in [9.17, 15) is 9.59 Å². The standard InChI is InChI=1S/C33H63IO4/c1-3-5-7-9-11-13-14-15-16-17-18-20-21-23-25-27-32(35)37-30-31(29-34)38-33(36)28-26-24-22-19-12-10-8-6-4-2/h31H,3-30H2,1-2H3/t31-/m1/s1. The maximum absolute atomic E-state index is 12.1. The van der Waals surface area contributed by atoms with E-state index in [1.807, 2.05) is 0 Å². The molecule has 0 aromatic heterocycles. The van der Waals surface area contributed by atoms with Gasteiger partial charge in [0.2, 0.25) is 0 Å². The molecule has 0 radical (unpaired) electrons. The summed E-state index contributed by atoms with van der Waals surface area (Å²) in [7, 11) is 0. The lowest BCUT2D eigenvalue weighted by Gasteiger charge is -2.15. The highest BCUT2D eigenvalue weighted by Gasteiger charge is 2.15. The fourth-order valence-electron chi connectivity index (χ4n) is 4.83. The molecule has 5 heteroatoms. The van der Waals surface area contributed by atoms with Crippen LogP contribution in [0.25, 0.3) is 0 Å². The first kappa shape index (κ1) is 37.7. The van der Waals surface area contributed by atoms with Gasteiger partial charge in [-0.2, -0.15) is 0 Å². The molecule has 0 aliphatic heterocycles. The Labute approximate surface area is 250 Å². The van der Waals surface area contributed by atoms with Crippen LogP contribution in [0.1, 0.15) is 181 Å². The summed E-state index contributed by atoms with van der Waals surface area (Å²) in [6.07, 6.45) is 31.4. The molecule has 0 heterocycles. The predicted octanol–water partition coefficient (Wildman–Crippen LogP) is 11.1. The first-order valence-electron chi connectivity index (χ1n) is 16.5. The molecule has 38 heavy (non-hydrogen) atoms. The molecule has 226 valence electrons. The molecule has 0 N–H and O–H groups in total. The van der Waals surface area contributed by atoms with Crippen LogP contribution >= 0.6 is 22.6 Å². The quantitative estimate of drug-likeness (QED) is 0.0336. The van der Waals surface area contributed by atoms with Crippen LogP contribution in [0, 0.1) is 0 Å². The average molecular weight is 651 g/mol. The van der Waals surface area contributed by atoms with Crippen LogP contribution in [0.4, 0.5) is 0 Å². The Bertz CT molecular complexity index is 511. The Balaban J connectivity index is 3.52. The predicted molar refractivity (Wildman–Crippen MR) is 171 cm³/mol. The Morgan fingerprint density at radius 1 is 0.500 bits per heavy atom. The van der Waals surface area contributed by atoms with Gasteiger partial charge in [0, 0.05) is 17.3 Å². The number of ether oxygens (including phenoxy) is 2. The summed E-state index contributed by atoms with van der Waals surface area (Å²) in [6.45, 7) is 4.70. The molecule has 0 spiro atoms. The van der Waals surface area contributed by atoms with Gasteiger partial charge in [0.15, 0.2) is 0 Å². The number of unbranched alkanes of at least 4 members (excludes halogenated alkanes) is 22. The lowest BCUT2D eigenvalue weighted by molar-refractivity contribution is -0.157. The number of carbonyl (C=O) groups is 2. The van der Waals surface area contributed by atoms with E-state index in [-0.39, 0.29) is 24.6 Å². The molecule has 0 unspecified atom stereocenters. The molecule has 0 bridgehead atoms. The molecule has 0 aromatic carbocycles. The maximum Gasteiger partial charge on any atom is 0.306 e. The van der Waals surface area contributed by atoms with Crippen LogP contribution < -0.4 is 0 Å². The second kappa shape index (κ2) is 31.2. The lowest BCUT2D eigenvalue weighted by atomic mass is 10.0. The first-order valence-corrected chi connectivity index (χ1v) is 18.1. The molecule has 0 amide bonds. The highest BCUT2D eigenvalue weighted by Crippen LogP contribution is 2.15. The number of alkyl halides is 1. The number of halogens is 1. The van der Waals surface area contributed by atoms with Gasteiger partial charge in [-0.3, -0.25) is 9.59 Å². The molecule has 0 aliphatic rings. The van der Waals surface area contributed by atoms with Crippen LogP contribution in [0.5, 0.6) is 0 Å². The summed E-state index contributed by atoms with van der Waals surface area (Å²) in [6, 6.07) is 0. The van der Waals surface area contributed by atoms with E-state index in [1.165, 1.54) is 128 Å². The van der Waals surface area contributed by atoms with Crippen molar-refractivity contribution in [1.82, 2.24) is 0 Å². The zero-order valence-corrected chi connectivity index (χ0v) is 27.5. The molecule has 0 aliphatic carbocycles. The molecule has 0 aromatic rings. The van der Waals surface area contributed by atoms with Crippen LogP contribution in [0.15, 0.2) is 0 Å². The summed E-state index contributed by atoms with van der Waals surface area (Å²) in [5.41, 5.74) is 0. The monoisotopic (exact) mass is 650 g/mol. The van der Waals surface area contributed by atoms with E-state index in [0.717, 1.165) is 25.7 Å². The largest absolute Gasteiger partial charge is 0.462 e. The van der Waals surface area contributed by atoms with Crippen molar-refractivity contribution in [3.8, 4) is 0 Å². The maximum atomic E-state index is 12.1. The van der Waals surface area contributed by atoms with Gasteiger partial charge in [-0.15, -0.1) is 0 Å². The first-order chi connectivity index (χ1) is 18.6. The smallest absolute Gasteiger partial charge is 0.306 e. The molecular weight excluding hydrogens is 587 g/mol. The van der Waals surface area contributed by atoms with Gasteiger partial charge in [-0.05, 0) is 12.8 Å². The number of hydrogen-bond acceptors (Lipinski definition) is 4. The zero-order chi connectivity index (χ0) is 27.9. The summed E-state index contributed by atoms with van der Waals surface area (Å²) in [5.74, 6) is -0.322. The van der Waals surface area contributed by atoms with Crippen LogP contribution in [0.2, 0.25) is 0 Å². The molecule has 4 nitrogen and oxygen atoms in total. The highest BCUT2D eigenvalue weighted by atomic mass is 127. The summed E-state index contributed by atoms with van der Waals surface area (Å²) in [4.78, 5) is 24.2. The van der Waals surface area contributed by atoms with Crippen molar-refractivity contribution in [2.24, 2.45) is 0 Å².